The number of nitrogens with zero attached hydrogens (tertiary/aromatic N) is 1. The molecule has 0 aromatic carbocycles. The molecule has 0 aromatic heterocycles. The molecule has 0 saturated carbocycles. The fourth-order valence-electron chi connectivity index (χ4n) is 2.24. The third-order valence-corrected chi connectivity index (χ3v) is 3.22. The van der Waals surface area contributed by atoms with Crippen LogP contribution in [0.5, 0.6) is 0 Å². The lowest BCUT2D eigenvalue weighted by Gasteiger charge is -2.29. The molecule has 1 aliphatic heterocycles. The minimum atomic E-state index is -0.450. The maximum absolute atomic E-state index is 12.1. The van der Waals surface area contributed by atoms with Crippen molar-refractivity contribution in [1.82, 2.24) is 10.2 Å². The van der Waals surface area contributed by atoms with Gasteiger partial charge in [0, 0.05) is 39.9 Å². The summed E-state index contributed by atoms with van der Waals surface area (Å²) in [5.41, 5.74) is -0.450. The molecule has 118 valence electrons. The number of methoxy groups -OCH3 is 2. The number of carbonyl (C=O) groups excluding carboxylic acids is 1. The summed E-state index contributed by atoms with van der Waals surface area (Å²) in [6.07, 6.45) is 1.53. The Hall–Kier alpha value is -0.850. The van der Waals surface area contributed by atoms with E-state index in [9.17, 15) is 4.79 Å². The van der Waals surface area contributed by atoms with Crippen molar-refractivity contribution >= 4 is 6.09 Å². The molecular weight excluding hydrogens is 260 g/mol. The SMILES string of the molecule is COC(CNCC1CCCN1C(=O)OC(C)(C)C)OC. The summed E-state index contributed by atoms with van der Waals surface area (Å²) in [7, 11) is 3.22. The minimum Gasteiger partial charge on any atom is -0.444 e. The number of nitrogens with one attached hydrogen (secondary N) is 1. The number of carbonyl (C=O) groups is 1. The quantitative estimate of drug-likeness (QED) is 0.752. The summed E-state index contributed by atoms with van der Waals surface area (Å²) in [4.78, 5) is 13.9. The highest BCUT2D eigenvalue weighted by Crippen LogP contribution is 2.20. The standard InChI is InChI=1S/C14H28N2O4/c1-14(2,3)20-13(17)16-8-6-7-11(16)9-15-10-12(18-4)19-5/h11-12,15H,6-10H2,1-5H3. The number of hydrogen-bond acceptors (Lipinski definition) is 5. The van der Waals surface area contributed by atoms with Gasteiger partial charge in [-0.3, -0.25) is 0 Å². The van der Waals surface area contributed by atoms with Gasteiger partial charge in [-0.05, 0) is 33.6 Å². The van der Waals surface area contributed by atoms with Crippen LogP contribution in [-0.2, 0) is 14.2 Å². The zero-order valence-electron chi connectivity index (χ0n) is 13.3. The predicted octanol–water partition coefficient (Wildman–Crippen LogP) is 1.59. The molecule has 1 amide bonds. The van der Waals surface area contributed by atoms with E-state index in [4.69, 9.17) is 14.2 Å². The highest BCUT2D eigenvalue weighted by molar-refractivity contribution is 5.69. The van der Waals surface area contributed by atoms with Crippen LogP contribution in [0.3, 0.4) is 0 Å². The normalized spacial score (nSPS) is 19.7. The number of rotatable bonds is 6. The van der Waals surface area contributed by atoms with Gasteiger partial charge in [0.15, 0.2) is 6.29 Å². The van der Waals surface area contributed by atoms with E-state index in [1.54, 1.807) is 14.2 Å². The summed E-state index contributed by atoms with van der Waals surface area (Å²) in [5, 5.41) is 3.28. The average Bonchev–Trinajstić information content (AvgIpc) is 2.81. The fraction of sp³-hybridized carbons (Fsp3) is 0.929. The van der Waals surface area contributed by atoms with Crippen LogP contribution in [0.2, 0.25) is 0 Å². The zero-order valence-corrected chi connectivity index (χ0v) is 13.3. The Morgan fingerprint density at radius 1 is 1.35 bits per heavy atom. The van der Waals surface area contributed by atoms with Crippen molar-refractivity contribution in [1.29, 1.82) is 0 Å². The van der Waals surface area contributed by atoms with Crippen molar-refractivity contribution in [2.24, 2.45) is 0 Å². The van der Waals surface area contributed by atoms with E-state index in [0.717, 1.165) is 25.9 Å². The first-order valence-electron chi connectivity index (χ1n) is 7.13. The van der Waals surface area contributed by atoms with Gasteiger partial charge in [0.05, 0.1) is 0 Å². The second-order valence-electron chi connectivity index (χ2n) is 6.03. The van der Waals surface area contributed by atoms with Crippen molar-refractivity contribution in [3.05, 3.63) is 0 Å². The van der Waals surface area contributed by atoms with Gasteiger partial charge in [-0.2, -0.15) is 0 Å². The topological polar surface area (TPSA) is 60.0 Å². The summed E-state index contributed by atoms with van der Waals surface area (Å²) in [5.74, 6) is 0. The molecule has 1 saturated heterocycles. The summed E-state index contributed by atoms with van der Waals surface area (Å²) in [6.45, 7) is 7.75. The van der Waals surface area contributed by atoms with Crippen LogP contribution in [0, 0.1) is 0 Å². The highest BCUT2D eigenvalue weighted by Gasteiger charge is 2.31. The maximum atomic E-state index is 12.1. The van der Waals surface area contributed by atoms with Crippen LogP contribution in [0.25, 0.3) is 0 Å². The molecule has 0 bridgehead atoms. The Morgan fingerprint density at radius 2 is 2.00 bits per heavy atom. The molecule has 1 unspecified atom stereocenters. The maximum Gasteiger partial charge on any atom is 0.410 e. The number of likely N-dealkylation sites (tertiary alicyclic amines) is 1. The Morgan fingerprint density at radius 3 is 2.55 bits per heavy atom. The van der Waals surface area contributed by atoms with Crippen molar-refractivity contribution in [2.75, 3.05) is 33.9 Å². The Balaban J connectivity index is 2.39. The lowest BCUT2D eigenvalue weighted by atomic mass is 10.2. The van der Waals surface area contributed by atoms with E-state index in [2.05, 4.69) is 5.32 Å². The van der Waals surface area contributed by atoms with Gasteiger partial charge in [-0.15, -0.1) is 0 Å². The van der Waals surface area contributed by atoms with Crippen LogP contribution in [0.4, 0.5) is 4.79 Å². The van der Waals surface area contributed by atoms with Gasteiger partial charge in [0.1, 0.15) is 5.60 Å². The number of ether oxygens (including phenoxy) is 3. The molecule has 6 nitrogen and oxygen atoms in total. The van der Waals surface area contributed by atoms with Crippen molar-refractivity contribution in [3.8, 4) is 0 Å². The van der Waals surface area contributed by atoms with E-state index in [0.29, 0.717) is 6.54 Å². The average molecular weight is 288 g/mol. The first kappa shape index (κ1) is 17.2. The van der Waals surface area contributed by atoms with Crippen LogP contribution in [-0.4, -0.2) is 62.8 Å². The molecule has 1 N–H and O–H groups in total. The predicted molar refractivity (Wildman–Crippen MR) is 76.6 cm³/mol. The van der Waals surface area contributed by atoms with E-state index in [1.165, 1.54) is 0 Å². The molecule has 1 aliphatic rings. The summed E-state index contributed by atoms with van der Waals surface area (Å²) >= 11 is 0. The third-order valence-electron chi connectivity index (χ3n) is 3.22. The second-order valence-corrected chi connectivity index (χ2v) is 6.03. The number of amides is 1. The first-order chi connectivity index (χ1) is 9.37. The highest BCUT2D eigenvalue weighted by atomic mass is 16.7. The molecule has 0 aliphatic carbocycles. The summed E-state index contributed by atoms with van der Waals surface area (Å²) in [6, 6.07) is 0.180. The molecule has 0 spiro atoms. The third kappa shape index (κ3) is 5.64. The smallest absolute Gasteiger partial charge is 0.410 e. The first-order valence-corrected chi connectivity index (χ1v) is 7.13. The molecule has 1 fully saturated rings. The number of hydrogen-bond donors (Lipinski definition) is 1. The van der Waals surface area contributed by atoms with Crippen molar-refractivity contribution in [3.63, 3.8) is 0 Å². The van der Waals surface area contributed by atoms with E-state index in [1.807, 2.05) is 25.7 Å². The molecule has 1 atom stereocenters. The van der Waals surface area contributed by atoms with Crippen LogP contribution >= 0.6 is 0 Å². The monoisotopic (exact) mass is 288 g/mol. The van der Waals surface area contributed by atoms with Gasteiger partial charge in [0.25, 0.3) is 0 Å². The van der Waals surface area contributed by atoms with Crippen LogP contribution in [0.1, 0.15) is 33.6 Å². The summed E-state index contributed by atoms with van der Waals surface area (Å²) < 4.78 is 15.7. The van der Waals surface area contributed by atoms with Gasteiger partial charge in [0.2, 0.25) is 0 Å². The molecule has 20 heavy (non-hydrogen) atoms. The van der Waals surface area contributed by atoms with E-state index < -0.39 is 5.60 Å². The van der Waals surface area contributed by atoms with Crippen LogP contribution in [0.15, 0.2) is 0 Å². The molecule has 1 rings (SSSR count). The molecule has 0 radical (unpaired) electrons. The van der Waals surface area contributed by atoms with Gasteiger partial charge in [-0.1, -0.05) is 0 Å². The molecular formula is C14H28N2O4. The van der Waals surface area contributed by atoms with Crippen molar-refractivity contribution < 1.29 is 19.0 Å². The zero-order chi connectivity index (χ0) is 15.2. The molecule has 6 heteroatoms. The van der Waals surface area contributed by atoms with Crippen molar-refractivity contribution in [2.45, 2.75) is 51.5 Å². The van der Waals surface area contributed by atoms with Gasteiger partial charge < -0.3 is 24.4 Å². The van der Waals surface area contributed by atoms with Gasteiger partial charge >= 0.3 is 6.09 Å². The van der Waals surface area contributed by atoms with Crippen LogP contribution < -0.4 is 5.32 Å². The van der Waals surface area contributed by atoms with E-state index >= 15 is 0 Å². The van der Waals surface area contributed by atoms with E-state index in [-0.39, 0.29) is 18.4 Å². The Bertz CT molecular complexity index is 300. The largest absolute Gasteiger partial charge is 0.444 e. The van der Waals surface area contributed by atoms with Gasteiger partial charge in [-0.25, -0.2) is 4.79 Å². The molecule has 0 aromatic rings. The second kappa shape index (κ2) is 7.81. The fourth-order valence-corrected chi connectivity index (χ4v) is 2.24. The lowest BCUT2D eigenvalue weighted by molar-refractivity contribution is -0.0990. The Kier molecular flexibility index (Phi) is 6.71. The lowest BCUT2D eigenvalue weighted by Crippen LogP contribution is -2.45. The molecule has 1 heterocycles. The minimum absolute atomic E-state index is 0.180. The Labute approximate surface area is 121 Å².